The summed E-state index contributed by atoms with van der Waals surface area (Å²) in [7, 11) is 2.85. The molecule has 0 saturated heterocycles. The van der Waals surface area contributed by atoms with E-state index in [1.54, 1.807) is 12.1 Å². The number of nitrogens with two attached hydrogens (primary N) is 1. The van der Waals surface area contributed by atoms with Gasteiger partial charge in [-0.1, -0.05) is 42.5 Å². The van der Waals surface area contributed by atoms with Crippen molar-refractivity contribution in [3.8, 4) is 11.1 Å². The van der Waals surface area contributed by atoms with E-state index in [1.165, 1.54) is 14.1 Å². The van der Waals surface area contributed by atoms with Crippen LogP contribution in [0.1, 0.15) is 0 Å². The zero-order valence-corrected chi connectivity index (χ0v) is 13.9. The van der Waals surface area contributed by atoms with E-state index in [0.717, 1.165) is 20.3 Å². The van der Waals surface area contributed by atoms with Gasteiger partial charge in [-0.3, -0.25) is 13.9 Å². The van der Waals surface area contributed by atoms with Crippen molar-refractivity contribution >= 4 is 17.2 Å². The highest BCUT2D eigenvalue weighted by molar-refractivity contribution is 5.65. The van der Waals surface area contributed by atoms with Gasteiger partial charge >= 0.3 is 5.69 Å². The number of rotatable bonds is 3. The fourth-order valence-electron chi connectivity index (χ4n) is 2.40. The Kier molecular flexibility index (Phi) is 4.30. The minimum absolute atomic E-state index is 0.0160. The van der Waals surface area contributed by atoms with Crippen LogP contribution in [-0.2, 0) is 14.1 Å². The van der Waals surface area contributed by atoms with Crippen LogP contribution in [0.5, 0.6) is 0 Å². The Balaban J connectivity index is 1.94. The van der Waals surface area contributed by atoms with Crippen molar-refractivity contribution < 1.29 is 0 Å². The monoisotopic (exact) mass is 335 g/mol. The third kappa shape index (κ3) is 3.12. The summed E-state index contributed by atoms with van der Waals surface area (Å²) in [5, 5.41) is 8.01. The molecule has 0 spiro atoms. The molecule has 0 radical (unpaired) electrons. The lowest BCUT2D eigenvalue weighted by Gasteiger charge is -2.07. The summed E-state index contributed by atoms with van der Waals surface area (Å²) >= 11 is 0. The van der Waals surface area contributed by atoms with Gasteiger partial charge in [-0.05, 0) is 23.3 Å². The number of hydrogen-bond acceptors (Lipinski definition) is 5. The Morgan fingerprint density at radius 2 is 1.40 bits per heavy atom. The summed E-state index contributed by atoms with van der Waals surface area (Å²) in [6, 6.07) is 17.4. The number of anilines is 1. The molecule has 7 nitrogen and oxygen atoms in total. The topological polar surface area (TPSA) is 94.7 Å². The molecule has 25 heavy (non-hydrogen) atoms. The van der Waals surface area contributed by atoms with Gasteiger partial charge in [0.2, 0.25) is 0 Å². The molecule has 7 heteroatoms. The molecule has 3 aromatic rings. The highest BCUT2D eigenvalue weighted by Gasteiger charge is 2.12. The largest absolute Gasteiger partial charge is 0.383 e. The first-order valence-electron chi connectivity index (χ1n) is 7.62. The van der Waals surface area contributed by atoms with Gasteiger partial charge in [0.25, 0.3) is 5.56 Å². The Bertz CT molecular complexity index is 1050. The summed E-state index contributed by atoms with van der Waals surface area (Å²) in [6.45, 7) is 0. The minimum atomic E-state index is -0.578. The van der Waals surface area contributed by atoms with Crippen LogP contribution in [-0.4, -0.2) is 9.13 Å². The lowest BCUT2D eigenvalue weighted by atomic mass is 10.1. The average Bonchev–Trinajstić information content (AvgIpc) is 2.66. The van der Waals surface area contributed by atoms with E-state index in [9.17, 15) is 9.59 Å². The fourth-order valence-corrected chi connectivity index (χ4v) is 2.40. The maximum atomic E-state index is 12.1. The molecule has 0 fully saturated rings. The Labute approximate surface area is 143 Å². The van der Waals surface area contributed by atoms with Gasteiger partial charge in [0.1, 0.15) is 5.82 Å². The highest BCUT2D eigenvalue weighted by Crippen LogP contribution is 2.24. The molecule has 0 unspecified atom stereocenters. The van der Waals surface area contributed by atoms with E-state index in [0.29, 0.717) is 5.69 Å². The number of benzene rings is 2. The van der Waals surface area contributed by atoms with Gasteiger partial charge in [0, 0.05) is 14.1 Å². The van der Waals surface area contributed by atoms with Gasteiger partial charge in [-0.2, -0.15) is 5.11 Å². The van der Waals surface area contributed by atoms with Gasteiger partial charge in [-0.25, -0.2) is 4.79 Å². The standard InChI is InChI=1S/C18H17N5O2/c1-22-16(19)15(17(24)23(2)18(22)25)21-20-14-10-8-13(9-11-14)12-6-4-3-5-7-12/h3-11H,19H2,1-2H3. The summed E-state index contributed by atoms with van der Waals surface area (Å²) in [6.07, 6.45) is 0. The summed E-state index contributed by atoms with van der Waals surface area (Å²) in [4.78, 5) is 23.9. The Morgan fingerprint density at radius 1 is 0.800 bits per heavy atom. The van der Waals surface area contributed by atoms with Crippen LogP contribution in [0.2, 0.25) is 0 Å². The molecule has 1 aromatic heterocycles. The normalized spacial score (nSPS) is 11.1. The van der Waals surface area contributed by atoms with Crippen molar-refractivity contribution in [2.24, 2.45) is 24.3 Å². The number of nitrogens with zero attached hydrogens (tertiary/aromatic N) is 4. The maximum Gasteiger partial charge on any atom is 0.332 e. The van der Waals surface area contributed by atoms with Gasteiger partial charge < -0.3 is 5.73 Å². The molecule has 0 aliphatic carbocycles. The first-order valence-corrected chi connectivity index (χ1v) is 7.62. The van der Waals surface area contributed by atoms with Gasteiger partial charge in [0.15, 0.2) is 5.69 Å². The van der Waals surface area contributed by atoms with E-state index in [-0.39, 0.29) is 11.5 Å². The maximum absolute atomic E-state index is 12.1. The zero-order chi connectivity index (χ0) is 18.0. The van der Waals surface area contributed by atoms with E-state index in [1.807, 2.05) is 42.5 Å². The third-order valence-corrected chi connectivity index (χ3v) is 3.92. The molecule has 0 aliphatic rings. The molecule has 0 bridgehead atoms. The average molecular weight is 335 g/mol. The van der Waals surface area contributed by atoms with Gasteiger partial charge in [-0.15, -0.1) is 5.11 Å². The second-order valence-corrected chi connectivity index (χ2v) is 5.55. The number of aromatic nitrogens is 2. The lowest BCUT2D eigenvalue weighted by molar-refractivity contribution is 0.694. The predicted molar refractivity (Wildman–Crippen MR) is 97.4 cm³/mol. The van der Waals surface area contributed by atoms with Crippen molar-refractivity contribution in [3.05, 3.63) is 75.4 Å². The quantitative estimate of drug-likeness (QED) is 0.746. The predicted octanol–water partition coefficient (Wildman–Crippen LogP) is 2.75. The summed E-state index contributed by atoms with van der Waals surface area (Å²) in [5.74, 6) is -0.0160. The molecule has 2 N–H and O–H groups in total. The van der Waals surface area contributed by atoms with Crippen LogP contribution in [0.25, 0.3) is 11.1 Å². The molecule has 2 aromatic carbocycles. The van der Waals surface area contributed by atoms with Crippen LogP contribution < -0.4 is 17.0 Å². The van der Waals surface area contributed by atoms with Crippen molar-refractivity contribution in [1.29, 1.82) is 0 Å². The highest BCUT2D eigenvalue weighted by atomic mass is 16.2. The SMILES string of the molecule is Cn1c(N)c(N=Nc2ccc(-c3ccccc3)cc2)c(=O)n(C)c1=O. The molecule has 0 amide bonds. The minimum Gasteiger partial charge on any atom is -0.383 e. The summed E-state index contributed by atoms with van der Waals surface area (Å²) < 4.78 is 2.11. The molecule has 3 rings (SSSR count). The second kappa shape index (κ2) is 6.56. The number of hydrogen-bond donors (Lipinski definition) is 1. The van der Waals surface area contributed by atoms with Crippen molar-refractivity contribution in [3.63, 3.8) is 0 Å². The van der Waals surface area contributed by atoms with Crippen molar-refractivity contribution in [2.75, 3.05) is 5.73 Å². The van der Waals surface area contributed by atoms with Crippen LogP contribution >= 0.6 is 0 Å². The Hall–Kier alpha value is -3.48. The molecule has 0 aliphatic heterocycles. The van der Waals surface area contributed by atoms with E-state index >= 15 is 0 Å². The van der Waals surface area contributed by atoms with Gasteiger partial charge in [0.05, 0.1) is 5.69 Å². The first kappa shape index (κ1) is 16.4. The third-order valence-electron chi connectivity index (χ3n) is 3.92. The Morgan fingerprint density at radius 3 is 2.04 bits per heavy atom. The van der Waals surface area contributed by atoms with E-state index < -0.39 is 11.2 Å². The molecular formula is C18H17N5O2. The summed E-state index contributed by atoms with van der Waals surface area (Å²) in [5.41, 5.74) is 7.40. The molecule has 0 atom stereocenters. The van der Waals surface area contributed by atoms with Crippen LogP contribution in [0.3, 0.4) is 0 Å². The number of nitrogen functional groups attached to an aromatic ring is 1. The molecular weight excluding hydrogens is 318 g/mol. The van der Waals surface area contributed by atoms with E-state index in [4.69, 9.17) is 5.73 Å². The molecule has 126 valence electrons. The lowest BCUT2D eigenvalue weighted by Crippen LogP contribution is -2.37. The van der Waals surface area contributed by atoms with Crippen molar-refractivity contribution in [2.45, 2.75) is 0 Å². The fraction of sp³-hybridized carbons (Fsp3) is 0.111. The van der Waals surface area contributed by atoms with Crippen LogP contribution in [0.4, 0.5) is 17.2 Å². The molecule has 0 saturated carbocycles. The molecule has 1 heterocycles. The van der Waals surface area contributed by atoms with Crippen LogP contribution in [0, 0.1) is 0 Å². The van der Waals surface area contributed by atoms with Crippen molar-refractivity contribution in [1.82, 2.24) is 9.13 Å². The number of azo groups is 1. The zero-order valence-electron chi connectivity index (χ0n) is 13.9. The smallest absolute Gasteiger partial charge is 0.332 e. The van der Waals surface area contributed by atoms with E-state index in [2.05, 4.69) is 10.2 Å². The second-order valence-electron chi connectivity index (χ2n) is 5.55. The first-order chi connectivity index (χ1) is 12.0. The van der Waals surface area contributed by atoms with Crippen LogP contribution in [0.15, 0.2) is 74.4 Å².